The average Bonchev–Trinajstić information content (AvgIpc) is 2.53. The van der Waals surface area contributed by atoms with Gasteiger partial charge >= 0.3 is 0 Å². The van der Waals surface area contributed by atoms with Gasteiger partial charge in [0.2, 0.25) is 0 Å². The second-order valence-electron chi connectivity index (χ2n) is 3.94. The van der Waals surface area contributed by atoms with Crippen molar-refractivity contribution in [1.29, 1.82) is 0 Å². The van der Waals surface area contributed by atoms with Gasteiger partial charge in [0.1, 0.15) is 0 Å². The molecule has 64 valence electrons. The molecule has 0 aliphatic heterocycles. The quantitative estimate of drug-likeness (QED) is 0.604. The van der Waals surface area contributed by atoms with Crippen LogP contribution < -0.4 is 0 Å². The van der Waals surface area contributed by atoms with E-state index in [0.29, 0.717) is 17.9 Å². The van der Waals surface area contributed by atoms with Crippen molar-refractivity contribution in [2.75, 3.05) is 6.61 Å². The summed E-state index contributed by atoms with van der Waals surface area (Å²) in [6.45, 7) is 0.380. The van der Waals surface area contributed by atoms with Crippen molar-refractivity contribution >= 4 is 11.6 Å². The molecule has 2 rings (SSSR count). The normalized spacial score (nSPS) is 49.6. The maximum absolute atomic E-state index is 9.06. The third kappa shape index (κ3) is 1.19. The van der Waals surface area contributed by atoms with Crippen LogP contribution in [0.2, 0.25) is 0 Å². The van der Waals surface area contributed by atoms with Crippen molar-refractivity contribution in [2.45, 2.75) is 31.1 Å². The number of hydrogen-bond acceptors (Lipinski definition) is 1. The lowest BCUT2D eigenvalue weighted by molar-refractivity contribution is 0.188. The molecule has 0 aromatic carbocycles. The van der Waals surface area contributed by atoms with E-state index in [9.17, 15) is 0 Å². The van der Waals surface area contributed by atoms with Gasteiger partial charge in [0.15, 0.2) is 0 Å². The second kappa shape index (κ2) is 2.95. The fraction of sp³-hybridized carbons (Fsp3) is 1.00. The highest BCUT2D eigenvalue weighted by Gasteiger charge is 2.43. The molecule has 0 aromatic rings. The van der Waals surface area contributed by atoms with Gasteiger partial charge in [-0.05, 0) is 43.4 Å². The van der Waals surface area contributed by atoms with Crippen molar-refractivity contribution in [3.63, 3.8) is 0 Å². The fourth-order valence-electron chi connectivity index (χ4n) is 2.88. The first-order valence-corrected chi connectivity index (χ1v) is 5.01. The van der Waals surface area contributed by atoms with Gasteiger partial charge in [0.05, 0.1) is 0 Å². The summed E-state index contributed by atoms with van der Waals surface area (Å²) in [4.78, 5) is 0. The number of aliphatic hydroxyl groups excluding tert-OH is 1. The molecule has 2 fully saturated rings. The van der Waals surface area contributed by atoms with E-state index in [1.165, 1.54) is 25.7 Å². The minimum Gasteiger partial charge on any atom is -0.396 e. The van der Waals surface area contributed by atoms with E-state index >= 15 is 0 Å². The Labute approximate surface area is 72.7 Å². The van der Waals surface area contributed by atoms with Crippen LogP contribution in [0.15, 0.2) is 0 Å². The van der Waals surface area contributed by atoms with Gasteiger partial charge in [-0.1, -0.05) is 0 Å². The molecular weight excluding hydrogens is 160 g/mol. The minimum absolute atomic E-state index is 0.380. The summed E-state index contributed by atoms with van der Waals surface area (Å²) in [5.74, 6) is 2.06. The first-order valence-electron chi connectivity index (χ1n) is 4.58. The summed E-state index contributed by atoms with van der Waals surface area (Å²) in [6, 6.07) is 0. The third-order valence-corrected chi connectivity index (χ3v) is 4.04. The van der Waals surface area contributed by atoms with Gasteiger partial charge in [-0.2, -0.15) is 0 Å². The third-order valence-electron chi connectivity index (χ3n) is 3.50. The SMILES string of the molecule is OC[C@@H]1CC[C@@H]2C(Cl)CC[C@H]12. The molecule has 1 N–H and O–H groups in total. The van der Waals surface area contributed by atoms with Crippen LogP contribution in [0.3, 0.4) is 0 Å². The van der Waals surface area contributed by atoms with Gasteiger partial charge < -0.3 is 5.11 Å². The van der Waals surface area contributed by atoms with Crippen LogP contribution in [0.5, 0.6) is 0 Å². The highest BCUT2D eigenvalue weighted by Crippen LogP contribution is 2.49. The second-order valence-corrected chi connectivity index (χ2v) is 4.50. The number of alkyl halides is 1. The van der Waals surface area contributed by atoms with E-state index in [1.807, 2.05) is 0 Å². The molecule has 11 heavy (non-hydrogen) atoms. The largest absolute Gasteiger partial charge is 0.396 e. The summed E-state index contributed by atoms with van der Waals surface area (Å²) in [7, 11) is 0. The zero-order chi connectivity index (χ0) is 7.84. The summed E-state index contributed by atoms with van der Waals surface area (Å²) in [6.07, 6.45) is 4.89. The molecule has 0 aromatic heterocycles. The number of halogens is 1. The highest BCUT2D eigenvalue weighted by atomic mass is 35.5. The van der Waals surface area contributed by atoms with Crippen LogP contribution in [0.25, 0.3) is 0 Å². The van der Waals surface area contributed by atoms with E-state index in [0.717, 1.165) is 11.8 Å². The monoisotopic (exact) mass is 174 g/mol. The predicted molar refractivity (Wildman–Crippen MR) is 45.7 cm³/mol. The van der Waals surface area contributed by atoms with Crippen LogP contribution in [0.1, 0.15) is 25.7 Å². The van der Waals surface area contributed by atoms with E-state index in [-0.39, 0.29) is 0 Å². The Morgan fingerprint density at radius 2 is 1.82 bits per heavy atom. The molecule has 2 saturated carbocycles. The Morgan fingerprint density at radius 1 is 1.09 bits per heavy atom. The zero-order valence-electron chi connectivity index (χ0n) is 6.67. The molecule has 0 bridgehead atoms. The lowest BCUT2D eigenvalue weighted by Crippen LogP contribution is -2.15. The van der Waals surface area contributed by atoms with Gasteiger partial charge in [0.25, 0.3) is 0 Å². The summed E-state index contributed by atoms with van der Waals surface area (Å²) < 4.78 is 0. The van der Waals surface area contributed by atoms with Gasteiger partial charge in [0, 0.05) is 12.0 Å². The van der Waals surface area contributed by atoms with Crippen molar-refractivity contribution in [2.24, 2.45) is 17.8 Å². The maximum Gasteiger partial charge on any atom is 0.0462 e. The Morgan fingerprint density at radius 3 is 2.55 bits per heavy atom. The molecule has 2 aliphatic rings. The number of hydrogen-bond donors (Lipinski definition) is 1. The first-order chi connectivity index (χ1) is 5.33. The fourth-order valence-corrected chi connectivity index (χ4v) is 3.31. The van der Waals surface area contributed by atoms with E-state index in [2.05, 4.69) is 0 Å². The molecule has 1 unspecified atom stereocenters. The Balaban J connectivity index is 2.04. The molecule has 0 heterocycles. The van der Waals surface area contributed by atoms with Crippen LogP contribution >= 0.6 is 11.6 Å². The molecule has 0 amide bonds. The summed E-state index contributed by atoms with van der Waals surface area (Å²) >= 11 is 6.15. The van der Waals surface area contributed by atoms with E-state index < -0.39 is 0 Å². The molecule has 2 heteroatoms. The maximum atomic E-state index is 9.06. The van der Waals surface area contributed by atoms with Crippen LogP contribution in [0, 0.1) is 17.8 Å². The summed E-state index contributed by atoms with van der Waals surface area (Å²) in [5.41, 5.74) is 0. The van der Waals surface area contributed by atoms with Gasteiger partial charge in [-0.15, -0.1) is 11.6 Å². The number of aliphatic hydroxyl groups is 1. The molecule has 2 aliphatic carbocycles. The molecule has 0 spiro atoms. The predicted octanol–water partition coefficient (Wildman–Crippen LogP) is 2.02. The van der Waals surface area contributed by atoms with Crippen molar-refractivity contribution < 1.29 is 5.11 Å². The highest BCUT2D eigenvalue weighted by molar-refractivity contribution is 6.21. The molecule has 4 atom stereocenters. The van der Waals surface area contributed by atoms with Crippen molar-refractivity contribution in [1.82, 2.24) is 0 Å². The lowest BCUT2D eigenvalue weighted by atomic mass is 9.93. The van der Waals surface area contributed by atoms with Crippen LogP contribution in [0.4, 0.5) is 0 Å². The van der Waals surface area contributed by atoms with Crippen LogP contribution in [-0.2, 0) is 0 Å². The Hall–Kier alpha value is 0.250. The van der Waals surface area contributed by atoms with Crippen molar-refractivity contribution in [3.8, 4) is 0 Å². The Bertz CT molecular complexity index is 148. The van der Waals surface area contributed by atoms with Crippen LogP contribution in [-0.4, -0.2) is 17.1 Å². The minimum atomic E-state index is 0.380. The Kier molecular flexibility index (Phi) is 2.11. The topological polar surface area (TPSA) is 20.2 Å². The zero-order valence-corrected chi connectivity index (χ0v) is 7.43. The average molecular weight is 175 g/mol. The summed E-state index contributed by atoms with van der Waals surface area (Å²) in [5, 5.41) is 9.47. The van der Waals surface area contributed by atoms with Gasteiger partial charge in [-0.3, -0.25) is 0 Å². The molecule has 0 saturated heterocycles. The van der Waals surface area contributed by atoms with E-state index in [4.69, 9.17) is 16.7 Å². The van der Waals surface area contributed by atoms with E-state index in [1.54, 1.807) is 0 Å². The van der Waals surface area contributed by atoms with Crippen molar-refractivity contribution in [3.05, 3.63) is 0 Å². The number of fused-ring (bicyclic) bond motifs is 1. The van der Waals surface area contributed by atoms with Gasteiger partial charge in [-0.25, -0.2) is 0 Å². The first kappa shape index (κ1) is 7.88. The molecule has 1 nitrogen and oxygen atoms in total. The molecular formula is C9H15ClO. The molecule has 0 radical (unpaired) electrons. The smallest absolute Gasteiger partial charge is 0.0462 e. The number of rotatable bonds is 1. The lowest BCUT2D eigenvalue weighted by Gasteiger charge is -2.15. The standard InChI is InChI=1S/C9H15ClO/c10-9-4-3-7-6(5-11)1-2-8(7)9/h6-9,11H,1-5H2/t6-,7+,8-,9?/m0/s1.